The lowest BCUT2D eigenvalue weighted by atomic mass is 9.77. The minimum absolute atomic E-state index is 0.197. The molecule has 130 valence electrons. The lowest BCUT2D eigenvalue weighted by Crippen LogP contribution is -2.38. The molecule has 1 aliphatic rings. The zero-order valence-electron chi connectivity index (χ0n) is 14.6. The molecule has 1 unspecified atom stereocenters. The van der Waals surface area contributed by atoms with E-state index < -0.39 is 5.54 Å². The molecule has 26 heavy (non-hydrogen) atoms. The average molecular weight is 345 g/mol. The van der Waals surface area contributed by atoms with Crippen LogP contribution in [0.5, 0.6) is 0 Å². The first-order valence-corrected chi connectivity index (χ1v) is 8.77. The molecule has 0 aromatic heterocycles. The number of nitrogens with zero attached hydrogens (tertiary/aromatic N) is 1. The van der Waals surface area contributed by atoms with Crippen molar-refractivity contribution in [3.63, 3.8) is 0 Å². The highest BCUT2D eigenvalue weighted by molar-refractivity contribution is 5.77. The first-order valence-electron chi connectivity index (χ1n) is 8.77. The van der Waals surface area contributed by atoms with Crippen LogP contribution in [0, 0.1) is 5.82 Å². The topological polar surface area (TPSA) is 21.6 Å². The Hall–Kier alpha value is -2.94. The van der Waals surface area contributed by atoms with Gasteiger partial charge in [0.1, 0.15) is 11.9 Å². The van der Waals surface area contributed by atoms with Crippen LogP contribution in [0.15, 0.2) is 89.9 Å². The third kappa shape index (κ3) is 2.90. The van der Waals surface area contributed by atoms with Crippen molar-refractivity contribution in [1.29, 1.82) is 0 Å². The maximum atomic E-state index is 13.3. The van der Waals surface area contributed by atoms with Crippen LogP contribution >= 0.6 is 0 Å². The molecule has 0 saturated heterocycles. The summed E-state index contributed by atoms with van der Waals surface area (Å²) in [6.07, 6.45) is 0.447. The van der Waals surface area contributed by atoms with E-state index in [0.29, 0.717) is 12.3 Å². The number of rotatable bonds is 4. The van der Waals surface area contributed by atoms with E-state index in [2.05, 4.69) is 24.3 Å². The highest BCUT2D eigenvalue weighted by atomic mass is 19.1. The van der Waals surface area contributed by atoms with Crippen molar-refractivity contribution in [2.45, 2.75) is 25.0 Å². The molecule has 0 saturated carbocycles. The maximum Gasteiger partial charge on any atom is 0.181 e. The summed E-state index contributed by atoms with van der Waals surface area (Å²) in [6.45, 7) is 1.89. The van der Waals surface area contributed by atoms with Gasteiger partial charge in [0.15, 0.2) is 11.4 Å². The van der Waals surface area contributed by atoms with Gasteiger partial charge in [0, 0.05) is 13.3 Å². The Morgan fingerprint density at radius 2 is 1.38 bits per heavy atom. The molecule has 0 N–H and O–H groups in total. The molecule has 1 aliphatic heterocycles. The van der Waals surface area contributed by atoms with E-state index in [4.69, 9.17) is 9.73 Å². The lowest BCUT2D eigenvalue weighted by molar-refractivity contribution is 0.155. The first kappa shape index (κ1) is 16.5. The Morgan fingerprint density at radius 1 is 0.846 bits per heavy atom. The molecule has 0 aliphatic carbocycles. The Morgan fingerprint density at radius 3 is 1.92 bits per heavy atom. The van der Waals surface area contributed by atoms with Crippen molar-refractivity contribution in [3.8, 4) is 0 Å². The molecule has 0 bridgehead atoms. The second-order valence-electron chi connectivity index (χ2n) is 6.57. The first-order chi connectivity index (χ1) is 12.7. The van der Waals surface area contributed by atoms with Gasteiger partial charge in [-0.2, -0.15) is 0 Å². The van der Waals surface area contributed by atoms with E-state index in [-0.39, 0.29) is 11.9 Å². The van der Waals surface area contributed by atoms with Gasteiger partial charge in [0.2, 0.25) is 0 Å². The van der Waals surface area contributed by atoms with E-state index in [1.54, 1.807) is 0 Å². The fraction of sp³-hybridized carbons (Fsp3) is 0.174. The van der Waals surface area contributed by atoms with Crippen molar-refractivity contribution in [1.82, 2.24) is 0 Å². The van der Waals surface area contributed by atoms with E-state index in [9.17, 15) is 4.39 Å². The molecule has 0 fully saturated rings. The zero-order chi connectivity index (χ0) is 18.0. The van der Waals surface area contributed by atoms with Crippen LogP contribution in [0.25, 0.3) is 0 Å². The molecule has 3 heteroatoms. The smallest absolute Gasteiger partial charge is 0.181 e. The second kappa shape index (κ2) is 6.75. The summed E-state index contributed by atoms with van der Waals surface area (Å²) in [4.78, 5) is 4.98. The van der Waals surface area contributed by atoms with Gasteiger partial charge in [-0.15, -0.1) is 0 Å². The maximum absolute atomic E-state index is 13.3. The minimum Gasteiger partial charge on any atom is -0.474 e. The van der Waals surface area contributed by atoms with Gasteiger partial charge in [-0.3, -0.25) is 0 Å². The van der Waals surface area contributed by atoms with Crippen LogP contribution < -0.4 is 0 Å². The van der Waals surface area contributed by atoms with Gasteiger partial charge in [0.25, 0.3) is 0 Å². The van der Waals surface area contributed by atoms with E-state index in [1.165, 1.54) is 12.1 Å². The van der Waals surface area contributed by atoms with Crippen LogP contribution in [0.3, 0.4) is 0 Å². The summed E-state index contributed by atoms with van der Waals surface area (Å²) in [5.74, 6) is 0.440. The normalized spacial score (nSPS) is 18.2. The lowest BCUT2D eigenvalue weighted by Gasteiger charge is -2.33. The second-order valence-corrected chi connectivity index (χ2v) is 6.57. The summed E-state index contributed by atoms with van der Waals surface area (Å²) in [5.41, 5.74) is 2.60. The van der Waals surface area contributed by atoms with E-state index in [0.717, 1.165) is 16.7 Å². The van der Waals surface area contributed by atoms with Gasteiger partial charge >= 0.3 is 0 Å². The quantitative estimate of drug-likeness (QED) is 0.642. The molecule has 1 heterocycles. The summed E-state index contributed by atoms with van der Waals surface area (Å²) in [6, 6.07) is 27.1. The van der Waals surface area contributed by atoms with Crippen molar-refractivity contribution in [3.05, 3.63) is 107 Å². The van der Waals surface area contributed by atoms with Gasteiger partial charge in [-0.1, -0.05) is 72.8 Å². The number of aliphatic imine (C=N–C) groups is 1. The zero-order valence-corrected chi connectivity index (χ0v) is 14.6. The Bertz CT molecular complexity index is 864. The number of hydrogen-bond donors (Lipinski definition) is 0. The summed E-state index contributed by atoms with van der Waals surface area (Å²) in [5, 5.41) is 0. The van der Waals surface area contributed by atoms with Crippen molar-refractivity contribution in [2.24, 2.45) is 4.99 Å². The Labute approximate surface area is 153 Å². The van der Waals surface area contributed by atoms with Crippen LogP contribution in [-0.2, 0) is 16.7 Å². The predicted molar refractivity (Wildman–Crippen MR) is 102 cm³/mol. The third-order valence-electron chi connectivity index (χ3n) is 4.87. The average Bonchev–Trinajstić information content (AvgIpc) is 3.02. The molecule has 3 aromatic rings. The van der Waals surface area contributed by atoms with Crippen molar-refractivity contribution >= 4 is 5.90 Å². The summed E-state index contributed by atoms with van der Waals surface area (Å²) in [7, 11) is 0. The van der Waals surface area contributed by atoms with Crippen LogP contribution in [0.4, 0.5) is 4.39 Å². The highest BCUT2D eigenvalue weighted by Gasteiger charge is 2.47. The molecular formula is C23H20FNO. The fourth-order valence-corrected chi connectivity index (χ4v) is 3.71. The number of halogens is 1. The Kier molecular flexibility index (Phi) is 4.29. The largest absolute Gasteiger partial charge is 0.474 e. The van der Waals surface area contributed by atoms with Gasteiger partial charge in [0.05, 0.1) is 0 Å². The standard InChI is InChI=1S/C23H20FNO/c1-17-25-23(19-8-4-2-5-9-19,20-10-6-3-7-11-20)22(26-17)16-18-12-14-21(24)15-13-18/h2-15,22H,16H2,1H3. The summed E-state index contributed by atoms with van der Waals surface area (Å²) < 4.78 is 19.5. The van der Waals surface area contributed by atoms with Crippen molar-refractivity contribution < 1.29 is 9.13 Å². The SMILES string of the molecule is CC1=NC(c2ccccc2)(c2ccccc2)C(Cc2ccc(F)cc2)O1. The van der Waals surface area contributed by atoms with Gasteiger partial charge < -0.3 is 4.74 Å². The molecule has 2 nitrogen and oxygen atoms in total. The van der Waals surface area contributed by atoms with Crippen LogP contribution in [0.1, 0.15) is 23.6 Å². The molecular weight excluding hydrogens is 325 g/mol. The Balaban J connectivity index is 1.83. The fourth-order valence-electron chi connectivity index (χ4n) is 3.71. The monoisotopic (exact) mass is 345 g/mol. The predicted octanol–water partition coefficient (Wildman–Crippen LogP) is 5.13. The number of ether oxygens (including phenoxy) is 1. The molecule has 0 radical (unpaired) electrons. The minimum atomic E-state index is -0.610. The van der Waals surface area contributed by atoms with Gasteiger partial charge in [-0.05, 0) is 28.8 Å². The van der Waals surface area contributed by atoms with Crippen LogP contribution in [-0.4, -0.2) is 12.0 Å². The van der Waals surface area contributed by atoms with E-state index >= 15 is 0 Å². The molecule has 3 aromatic carbocycles. The highest BCUT2D eigenvalue weighted by Crippen LogP contribution is 2.43. The van der Waals surface area contributed by atoms with E-state index in [1.807, 2.05) is 55.5 Å². The third-order valence-corrected chi connectivity index (χ3v) is 4.87. The molecule has 0 amide bonds. The number of benzene rings is 3. The summed E-state index contributed by atoms with van der Waals surface area (Å²) >= 11 is 0. The molecule has 1 atom stereocenters. The van der Waals surface area contributed by atoms with Crippen LogP contribution in [0.2, 0.25) is 0 Å². The van der Waals surface area contributed by atoms with Gasteiger partial charge in [-0.25, -0.2) is 9.38 Å². The number of hydrogen-bond acceptors (Lipinski definition) is 2. The van der Waals surface area contributed by atoms with Crippen molar-refractivity contribution in [2.75, 3.05) is 0 Å². The molecule has 0 spiro atoms. The molecule has 4 rings (SSSR count).